The monoisotopic (exact) mass is 601 g/mol. The summed E-state index contributed by atoms with van der Waals surface area (Å²) in [6, 6.07) is 27.1. The molecule has 2 atom stereocenters. The van der Waals surface area contributed by atoms with Gasteiger partial charge in [-0.05, 0) is 52.3 Å². The molecule has 2 unspecified atom stereocenters. The molecular weight excluding hydrogens is 559 g/mol. The number of hydrogen-bond donors (Lipinski definition) is 0. The summed E-state index contributed by atoms with van der Waals surface area (Å²) in [6.45, 7) is 18.9. The molecule has 1 aliphatic heterocycles. The number of rotatable bonds is 3. The van der Waals surface area contributed by atoms with Crippen LogP contribution in [0.1, 0.15) is 66.5 Å². The van der Waals surface area contributed by atoms with Gasteiger partial charge in [-0.25, -0.2) is 0 Å². The molecule has 0 fully saturated rings. The van der Waals surface area contributed by atoms with Crippen LogP contribution < -0.4 is 20.7 Å². The second-order valence-electron chi connectivity index (χ2n) is 13.6. The van der Waals surface area contributed by atoms with Crippen molar-refractivity contribution in [3.63, 3.8) is 0 Å². The Morgan fingerprint density at radius 3 is 1.82 bits per heavy atom. The molecule has 4 heteroatoms. The molecule has 0 saturated heterocycles. The van der Waals surface area contributed by atoms with Crippen LogP contribution in [0.25, 0.3) is 0 Å². The third-order valence-electron chi connectivity index (χ3n) is 8.38. The molecule has 0 spiro atoms. The van der Waals surface area contributed by atoms with Gasteiger partial charge in [-0.15, -0.1) is 0 Å². The normalized spacial score (nSPS) is 20.2. The van der Waals surface area contributed by atoms with Crippen molar-refractivity contribution in [1.82, 2.24) is 0 Å². The van der Waals surface area contributed by atoms with Crippen LogP contribution in [0.5, 0.6) is 5.75 Å². The second kappa shape index (κ2) is 10.8. The molecule has 1 aliphatic carbocycles. The molecule has 2 radical (unpaired) electrons. The van der Waals surface area contributed by atoms with E-state index in [1.54, 1.807) is 0 Å². The van der Waals surface area contributed by atoms with E-state index >= 15 is 0 Å². The average Bonchev–Trinajstić information content (AvgIpc) is 2.85. The number of hydrogen-bond acceptors (Lipinski definition) is 1. The van der Waals surface area contributed by atoms with Gasteiger partial charge in [0.15, 0.2) is 5.75 Å². The Hall–Kier alpha value is -1.89. The zero-order valence-electron chi connectivity index (χ0n) is 24.7. The molecule has 0 aromatic heterocycles. The molecule has 39 heavy (non-hydrogen) atoms. The summed E-state index contributed by atoms with van der Waals surface area (Å²) in [4.78, 5) is 0. The van der Waals surface area contributed by atoms with Gasteiger partial charge in [-0.3, -0.25) is 0 Å². The summed E-state index contributed by atoms with van der Waals surface area (Å²) in [5.74, 6) is 1.42. The molecule has 0 bridgehead atoms. The van der Waals surface area contributed by atoms with E-state index < -0.39 is 7.92 Å². The van der Waals surface area contributed by atoms with Crippen LogP contribution in [0.15, 0.2) is 95.7 Å². The van der Waals surface area contributed by atoms with E-state index in [0.717, 1.165) is 5.75 Å². The predicted molar refractivity (Wildman–Crippen MR) is 170 cm³/mol. The van der Waals surface area contributed by atoms with Crippen LogP contribution in [0, 0.1) is 11.3 Å². The average molecular weight is 602 g/mol. The Balaban J connectivity index is 0.00000353. The van der Waals surface area contributed by atoms with Crippen molar-refractivity contribution >= 4 is 34.1 Å². The first-order valence-electron chi connectivity index (χ1n) is 13.9. The molecule has 3 aromatic carbocycles. The fraction of sp³-hybridized carbons (Fsp3) is 0.371. The van der Waals surface area contributed by atoms with Crippen molar-refractivity contribution in [3.05, 3.63) is 107 Å². The standard InChI is InChI=1S/C35H42OPSi.Cu/c1-33(2,3)23-19-27-31(36-32-28(35(27,7)8)20-24(22-30(32)38)34(4,5)6)29(21-23)37(25-15-11-9-12-16-25)26-17-13-10-14-18-26;/h9-22,28,32H,38H2,1-8H3;/p+1. The maximum absolute atomic E-state index is 7.19. The minimum absolute atomic E-state index is 0. The molecule has 0 saturated carbocycles. The molecule has 208 valence electrons. The SMILES string of the molecule is CC(C)(C)C1=CC2C(Oc3c([PH+](c4ccccc4)c4ccccc4)cc(C(C)(C)C)cc3C2(C)C)C([SiH2])=C1.[Cu]. The van der Waals surface area contributed by atoms with Crippen LogP contribution >= 0.6 is 7.92 Å². The largest absolute Gasteiger partial charge is 0.481 e. The van der Waals surface area contributed by atoms with Gasteiger partial charge in [0.25, 0.3) is 0 Å². The van der Waals surface area contributed by atoms with Crippen LogP contribution in [0.4, 0.5) is 0 Å². The quantitative estimate of drug-likeness (QED) is 0.242. The van der Waals surface area contributed by atoms with Gasteiger partial charge >= 0.3 is 0 Å². The van der Waals surface area contributed by atoms with E-state index in [0.29, 0.717) is 5.92 Å². The van der Waals surface area contributed by atoms with Crippen molar-refractivity contribution in [2.75, 3.05) is 0 Å². The molecule has 1 heterocycles. The number of ether oxygens (including phenoxy) is 1. The van der Waals surface area contributed by atoms with E-state index in [1.165, 1.54) is 37.8 Å². The number of fused-ring (bicyclic) bond motifs is 2. The van der Waals surface area contributed by atoms with Crippen LogP contribution in [-0.4, -0.2) is 16.3 Å². The van der Waals surface area contributed by atoms with E-state index in [9.17, 15) is 0 Å². The summed E-state index contributed by atoms with van der Waals surface area (Å²) in [6.07, 6.45) is 4.98. The van der Waals surface area contributed by atoms with Crippen molar-refractivity contribution in [3.8, 4) is 5.75 Å². The smallest absolute Gasteiger partial charge is 0.166 e. The van der Waals surface area contributed by atoms with Crippen molar-refractivity contribution in [1.29, 1.82) is 0 Å². The number of allylic oxidation sites excluding steroid dienone is 2. The Bertz CT molecular complexity index is 1350. The van der Waals surface area contributed by atoms with Gasteiger partial charge < -0.3 is 4.74 Å². The summed E-state index contributed by atoms with van der Waals surface area (Å²) in [5.41, 5.74) is 4.26. The molecular formula is C35H43CuOPSi+. The number of benzene rings is 3. The Morgan fingerprint density at radius 2 is 1.33 bits per heavy atom. The van der Waals surface area contributed by atoms with Crippen LogP contribution in [-0.2, 0) is 27.9 Å². The van der Waals surface area contributed by atoms with Crippen molar-refractivity contribution in [2.24, 2.45) is 11.3 Å². The summed E-state index contributed by atoms with van der Waals surface area (Å²) >= 11 is 0. The molecule has 1 nitrogen and oxygen atoms in total. The maximum atomic E-state index is 7.19. The van der Waals surface area contributed by atoms with Gasteiger partial charge in [0, 0.05) is 44.2 Å². The van der Waals surface area contributed by atoms with E-state index in [-0.39, 0.29) is 39.4 Å². The van der Waals surface area contributed by atoms with Gasteiger partial charge in [0.05, 0.1) is 0 Å². The first-order chi connectivity index (χ1) is 17.8. The topological polar surface area (TPSA) is 9.23 Å². The van der Waals surface area contributed by atoms with Crippen molar-refractivity contribution < 1.29 is 21.8 Å². The van der Waals surface area contributed by atoms with Gasteiger partial charge in [0.1, 0.15) is 29.9 Å². The minimum Gasteiger partial charge on any atom is -0.481 e. The fourth-order valence-electron chi connectivity index (χ4n) is 5.89. The predicted octanol–water partition coefficient (Wildman–Crippen LogP) is 6.63. The molecule has 0 amide bonds. The maximum Gasteiger partial charge on any atom is 0.166 e. The van der Waals surface area contributed by atoms with E-state index in [1.807, 2.05) is 10.2 Å². The van der Waals surface area contributed by atoms with E-state index in [4.69, 9.17) is 4.74 Å². The first kappa shape index (κ1) is 30.1. The van der Waals surface area contributed by atoms with Crippen LogP contribution in [0.2, 0.25) is 0 Å². The summed E-state index contributed by atoms with van der Waals surface area (Å²) < 4.78 is 7.19. The Morgan fingerprint density at radius 1 is 0.795 bits per heavy atom. The van der Waals surface area contributed by atoms with E-state index in [2.05, 4.69) is 140 Å². The van der Waals surface area contributed by atoms with Crippen LogP contribution in [0.3, 0.4) is 0 Å². The van der Waals surface area contributed by atoms with Gasteiger partial charge in [-0.1, -0.05) is 115 Å². The fourth-order valence-corrected chi connectivity index (χ4v) is 9.18. The second-order valence-corrected chi connectivity index (χ2v) is 16.9. The summed E-state index contributed by atoms with van der Waals surface area (Å²) in [5, 5.41) is 5.53. The molecule has 3 aromatic rings. The first-order valence-corrected chi connectivity index (χ1v) is 16.1. The zero-order chi connectivity index (χ0) is 27.5. The Kier molecular flexibility index (Phi) is 8.35. The molecule has 0 N–H and O–H groups in total. The zero-order valence-corrected chi connectivity index (χ0v) is 28.0. The Labute approximate surface area is 251 Å². The third-order valence-corrected chi connectivity index (χ3v) is 11.7. The van der Waals surface area contributed by atoms with Gasteiger partial charge in [-0.2, -0.15) is 0 Å². The summed E-state index contributed by atoms with van der Waals surface area (Å²) in [7, 11) is 0.718. The molecule has 2 aliphatic rings. The third kappa shape index (κ3) is 5.66. The van der Waals surface area contributed by atoms with Gasteiger partial charge in [0.2, 0.25) is 0 Å². The minimum atomic E-state index is -1.29. The van der Waals surface area contributed by atoms with Crippen molar-refractivity contribution in [2.45, 2.75) is 72.3 Å². The molecule has 5 rings (SSSR count).